The van der Waals surface area contributed by atoms with Gasteiger partial charge in [0, 0.05) is 0 Å². The molecule has 0 aliphatic carbocycles. The summed E-state index contributed by atoms with van der Waals surface area (Å²) >= 11 is 0. The quantitative estimate of drug-likeness (QED) is 0.602. The van der Waals surface area contributed by atoms with Gasteiger partial charge in [0.1, 0.15) is 5.75 Å². The van der Waals surface area contributed by atoms with Crippen LogP contribution in [-0.2, 0) is 0 Å². The molecular weight excluding hydrogens is 234 g/mol. The van der Waals surface area contributed by atoms with E-state index in [0.29, 0.717) is 12.2 Å². The molecule has 0 saturated heterocycles. The van der Waals surface area contributed by atoms with Gasteiger partial charge in [-0.2, -0.15) is 5.26 Å². The summed E-state index contributed by atoms with van der Waals surface area (Å²) in [5.41, 5.74) is 2.58. The fourth-order valence-corrected chi connectivity index (χ4v) is 1.79. The average molecular weight is 249 g/mol. The first-order valence-electron chi connectivity index (χ1n) is 6.23. The monoisotopic (exact) mass is 249 g/mol. The summed E-state index contributed by atoms with van der Waals surface area (Å²) in [5.74, 6) is 0.845. The van der Waals surface area contributed by atoms with Crippen molar-refractivity contribution in [2.45, 2.75) is 6.92 Å². The van der Waals surface area contributed by atoms with Crippen LogP contribution in [-0.4, -0.2) is 6.61 Å². The normalized spacial score (nSPS) is 10.8. The maximum atomic E-state index is 9.24. The highest BCUT2D eigenvalue weighted by Gasteiger charge is 2.00. The minimum atomic E-state index is 0.655. The second kappa shape index (κ2) is 6.42. The van der Waals surface area contributed by atoms with E-state index in [0.717, 1.165) is 16.9 Å². The van der Waals surface area contributed by atoms with E-state index in [-0.39, 0.29) is 0 Å². The van der Waals surface area contributed by atoms with Crippen molar-refractivity contribution >= 4 is 11.6 Å². The van der Waals surface area contributed by atoms with E-state index < -0.39 is 0 Å². The Morgan fingerprint density at radius 2 is 1.79 bits per heavy atom. The van der Waals surface area contributed by atoms with Gasteiger partial charge in [0.05, 0.1) is 18.2 Å². The molecule has 0 N–H and O–H groups in total. The summed E-state index contributed by atoms with van der Waals surface area (Å²) in [5, 5.41) is 9.24. The molecule has 0 bridgehead atoms. The Bertz CT molecular complexity index is 591. The van der Waals surface area contributed by atoms with Crippen LogP contribution in [0, 0.1) is 11.3 Å². The SMILES string of the molecule is CCOc1ccc(/C=C(/C#N)c2ccccc2)cc1. The Morgan fingerprint density at radius 1 is 1.11 bits per heavy atom. The molecule has 0 unspecified atom stereocenters. The van der Waals surface area contributed by atoms with Crippen LogP contribution in [0.4, 0.5) is 0 Å². The van der Waals surface area contributed by atoms with Gasteiger partial charge >= 0.3 is 0 Å². The van der Waals surface area contributed by atoms with Gasteiger partial charge in [-0.1, -0.05) is 42.5 Å². The fourth-order valence-electron chi connectivity index (χ4n) is 1.79. The Labute approximate surface area is 113 Å². The van der Waals surface area contributed by atoms with Crippen LogP contribution in [0.25, 0.3) is 11.6 Å². The van der Waals surface area contributed by atoms with Crippen molar-refractivity contribution in [3.8, 4) is 11.8 Å². The van der Waals surface area contributed by atoms with E-state index in [2.05, 4.69) is 6.07 Å². The molecule has 0 heterocycles. The summed E-state index contributed by atoms with van der Waals surface area (Å²) in [4.78, 5) is 0. The smallest absolute Gasteiger partial charge is 0.119 e. The van der Waals surface area contributed by atoms with Crippen molar-refractivity contribution < 1.29 is 4.74 Å². The van der Waals surface area contributed by atoms with Crippen molar-refractivity contribution in [2.75, 3.05) is 6.61 Å². The Balaban J connectivity index is 2.26. The van der Waals surface area contributed by atoms with Crippen LogP contribution in [0.5, 0.6) is 5.75 Å². The lowest BCUT2D eigenvalue weighted by molar-refractivity contribution is 0.340. The number of rotatable bonds is 4. The number of allylic oxidation sites excluding steroid dienone is 1. The number of nitriles is 1. The van der Waals surface area contributed by atoms with E-state index in [1.165, 1.54) is 0 Å². The number of hydrogen-bond donors (Lipinski definition) is 0. The maximum Gasteiger partial charge on any atom is 0.119 e. The van der Waals surface area contributed by atoms with Gasteiger partial charge in [0.25, 0.3) is 0 Å². The molecule has 0 aliphatic rings. The van der Waals surface area contributed by atoms with Gasteiger partial charge in [-0.25, -0.2) is 0 Å². The zero-order valence-corrected chi connectivity index (χ0v) is 10.8. The molecule has 2 nitrogen and oxygen atoms in total. The lowest BCUT2D eigenvalue weighted by atomic mass is 10.0. The third kappa shape index (κ3) is 3.46. The van der Waals surface area contributed by atoms with Crippen molar-refractivity contribution in [3.05, 3.63) is 65.7 Å². The second-order valence-electron chi connectivity index (χ2n) is 4.04. The second-order valence-corrected chi connectivity index (χ2v) is 4.04. The van der Waals surface area contributed by atoms with Gasteiger partial charge in [-0.15, -0.1) is 0 Å². The van der Waals surface area contributed by atoms with Crippen molar-refractivity contribution in [3.63, 3.8) is 0 Å². The van der Waals surface area contributed by atoms with Crippen LogP contribution in [0.15, 0.2) is 54.6 Å². The summed E-state index contributed by atoms with van der Waals surface area (Å²) in [7, 11) is 0. The first kappa shape index (κ1) is 12.9. The number of benzene rings is 2. The Morgan fingerprint density at radius 3 is 2.37 bits per heavy atom. The molecule has 19 heavy (non-hydrogen) atoms. The predicted molar refractivity (Wildman–Crippen MR) is 77.5 cm³/mol. The largest absolute Gasteiger partial charge is 0.494 e. The van der Waals surface area contributed by atoms with Crippen LogP contribution in [0.1, 0.15) is 18.1 Å². The summed E-state index contributed by atoms with van der Waals surface area (Å²) in [6, 6.07) is 19.6. The first-order chi connectivity index (χ1) is 9.33. The number of nitrogens with zero attached hydrogens (tertiary/aromatic N) is 1. The summed E-state index contributed by atoms with van der Waals surface area (Å²) in [6.07, 6.45) is 1.88. The van der Waals surface area contributed by atoms with E-state index in [4.69, 9.17) is 4.74 Å². The summed E-state index contributed by atoms with van der Waals surface area (Å²) < 4.78 is 5.39. The Hall–Kier alpha value is -2.53. The molecule has 0 radical (unpaired) electrons. The highest BCUT2D eigenvalue weighted by Crippen LogP contribution is 2.19. The third-order valence-corrected chi connectivity index (χ3v) is 2.71. The predicted octanol–water partition coefficient (Wildman–Crippen LogP) is 4.15. The standard InChI is InChI=1S/C17H15NO/c1-2-19-17-10-8-14(9-11-17)12-16(13-18)15-6-4-3-5-7-15/h3-12H,2H2,1H3/b16-12-. The van der Waals surface area contributed by atoms with E-state index >= 15 is 0 Å². The average Bonchev–Trinajstić information content (AvgIpc) is 2.48. The lowest BCUT2D eigenvalue weighted by Gasteiger charge is -2.03. The van der Waals surface area contributed by atoms with E-state index in [1.54, 1.807) is 0 Å². The molecular formula is C17H15NO. The molecule has 2 aromatic rings. The first-order valence-corrected chi connectivity index (χ1v) is 6.23. The molecule has 94 valence electrons. The molecule has 0 aromatic heterocycles. The van der Waals surface area contributed by atoms with Crippen molar-refractivity contribution in [1.29, 1.82) is 5.26 Å². The lowest BCUT2D eigenvalue weighted by Crippen LogP contribution is -1.90. The molecule has 2 heteroatoms. The van der Waals surface area contributed by atoms with Crippen molar-refractivity contribution in [2.24, 2.45) is 0 Å². The maximum absolute atomic E-state index is 9.24. The molecule has 0 spiro atoms. The summed E-state index contributed by atoms with van der Waals surface area (Å²) in [6.45, 7) is 2.61. The molecule has 0 atom stereocenters. The molecule has 2 rings (SSSR count). The van der Waals surface area contributed by atoms with Crippen LogP contribution in [0.2, 0.25) is 0 Å². The zero-order chi connectivity index (χ0) is 13.5. The zero-order valence-electron chi connectivity index (χ0n) is 10.8. The van der Waals surface area contributed by atoms with Gasteiger partial charge in [-0.3, -0.25) is 0 Å². The van der Waals surface area contributed by atoms with E-state index in [1.807, 2.05) is 67.6 Å². The molecule has 0 saturated carbocycles. The van der Waals surface area contributed by atoms with Gasteiger partial charge < -0.3 is 4.74 Å². The van der Waals surface area contributed by atoms with Crippen LogP contribution in [0.3, 0.4) is 0 Å². The van der Waals surface area contributed by atoms with Gasteiger partial charge in [0.15, 0.2) is 0 Å². The number of hydrogen-bond acceptors (Lipinski definition) is 2. The third-order valence-electron chi connectivity index (χ3n) is 2.71. The van der Waals surface area contributed by atoms with Gasteiger partial charge in [-0.05, 0) is 36.3 Å². The fraction of sp³-hybridized carbons (Fsp3) is 0.118. The number of ether oxygens (including phenoxy) is 1. The molecule has 0 aliphatic heterocycles. The van der Waals surface area contributed by atoms with Crippen LogP contribution >= 0.6 is 0 Å². The molecule has 2 aromatic carbocycles. The van der Waals surface area contributed by atoms with Crippen LogP contribution < -0.4 is 4.74 Å². The topological polar surface area (TPSA) is 33.0 Å². The minimum Gasteiger partial charge on any atom is -0.494 e. The molecule has 0 amide bonds. The molecule has 0 fully saturated rings. The highest BCUT2D eigenvalue weighted by atomic mass is 16.5. The highest BCUT2D eigenvalue weighted by molar-refractivity contribution is 5.89. The van der Waals surface area contributed by atoms with E-state index in [9.17, 15) is 5.26 Å². The minimum absolute atomic E-state index is 0.655. The van der Waals surface area contributed by atoms with Crippen molar-refractivity contribution in [1.82, 2.24) is 0 Å². The van der Waals surface area contributed by atoms with Gasteiger partial charge in [0.2, 0.25) is 0 Å². The Kier molecular flexibility index (Phi) is 4.36.